The minimum atomic E-state index is -4.40. The van der Waals surface area contributed by atoms with Crippen molar-refractivity contribution in [3.05, 3.63) is 23.8 Å². The smallest absolute Gasteiger partial charge is 0.330 e. The van der Waals surface area contributed by atoms with Crippen LogP contribution in [0.4, 0.5) is 13.2 Å². The Kier molecular flexibility index (Phi) is 5.66. The fourth-order valence-electron chi connectivity index (χ4n) is 6.54. The van der Waals surface area contributed by atoms with Crippen molar-refractivity contribution in [1.29, 1.82) is 0 Å². The molecule has 2 aliphatic carbocycles. The maximum Gasteiger partial charge on any atom is 0.406 e. The van der Waals surface area contributed by atoms with Crippen molar-refractivity contribution in [3.8, 4) is 0 Å². The zero-order valence-electron chi connectivity index (χ0n) is 17.6. The highest BCUT2D eigenvalue weighted by Crippen LogP contribution is 2.47. The molecule has 5 atom stereocenters. The molecule has 0 radical (unpaired) electrons. The Balaban J connectivity index is 1.43. The topological polar surface area (TPSA) is 70.1 Å². The van der Waals surface area contributed by atoms with E-state index in [-0.39, 0.29) is 23.8 Å². The molecule has 1 amide bonds. The van der Waals surface area contributed by atoms with Gasteiger partial charge < -0.3 is 4.90 Å². The van der Waals surface area contributed by atoms with E-state index in [2.05, 4.69) is 20.8 Å². The van der Waals surface area contributed by atoms with Crippen LogP contribution in [0.1, 0.15) is 74.5 Å². The van der Waals surface area contributed by atoms with Crippen molar-refractivity contribution < 1.29 is 18.0 Å². The molecular formula is C22H30F3N5O. The van der Waals surface area contributed by atoms with Gasteiger partial charge in [0.1, 0.15) is 12.9 Å². The second kappa shape index (κ2) is 8.31. The lowest BCUT2D eigenvalue weighted by Crippen LogP contribution is -2.63. The first-order chi connectivity index (χ1) is 14.9. The molecule has 2 saturated heterocycles. The van der Waals surface area contributed by atoms with Crippen molar-refractivity contribution >= 4 is 5.91 Å². The summed E-state index contributed by atoms with van der Waals surface area (Å²) in [5, 5.41) is 0. The summed E-state index contributed by atoms with van der Waals surface area (Å²) in [6, 6.07) is -0.506. The fourth-order valence-corrected chi connectivity index (χ4v) is 6.54. The molecule has 9 heteroatoms. The van der Waals surface area contributed by atoms with Crippen LogP contribution in [-0.4, -0.2) is 52.1 Å². The standard InChI is InChI=1S/C22H30F3N5O/c23-22(24,25)11-30-18-8-14(6-7-15(18)20-17(21(30)31)10-28-29-20)16-9-26-12-27-19(16)13-4-2-1-3-5-13/h9,12-15,17-18,20,28-29H,1-8,10-11H2. The summed E-state index contributed by atoms with van der Waals surface area (Å²) in [7, 11) is 0. The molecule has 170 valence electrons. The third-order valence-electron chi connectivity index (χ3n) is 7.91. The van der Waals surface area contributed by atoms with E-state index in [9.17, 15) is 18.0 Å². The maximum atomic E-state index is 13.4. The van der Waals surface area contributed by atoms with Gasteiger partial charge in [0.05, 0.1) is 11.6 Å². The van der Waals surface area contributed by atoms with Gasteiger partial charge in [-0.25, -0.2) is 9.97 Å². The van der Waals surface area contributed by atoms with Crippen LogP contribution in [0.5, 0.6) is 0 Å². The first-order valence-electron chi connectivity index (χ1n) is 11.6. The normalized spacial score (nSPS) is 34.5. The summed E-state index contributed by atoms with van der Waals surface area (Å²) in [6.45, 7) is -0.771. The molecule has 31 heavy (non-hydrogen) atoms. The summed E-state index contributed by atoms with van der Waals surface area (Å²) < 4.78 is 40.2. The number of halogens is 3. The van der Waals surface area contributed by atoms with E-state index in [0.29, 0.717) is 18.9 Å². The summed E-state index contributed by atoms with van der Waals surface area (Å²) in [6.07, 6.45) is 7.17. The lowest BCUT2D eigenvalue weighted by Gasteiger charge is -2.50. The first-order valence-corrected chi connectivity index (χ1v) is 11.6. The number of alkyl halides is 3. The monoisotopic (exact) mass is 437 g/mol. The van der Waals surface area contributed by atoms with Gasteiger partial charge in [0, 0.05) is 30.7 Å². The second-order valence-electron chi connectivity index (χ2n) is 9.68. The summed E-state index contributed by atoms with van der Waals surface area (Å²) in [4.78, 5) is 23.1. The number of rotatable bonds is 3. The van der Waals surface area contributed by atoms with Crippen molar-refractivity contribution in [2.75, 3.05) is 13.1 Å². The predicted molar refractivity (Wildman–Crippen MR) is 108 cm³/mol. The predicted octanol–water partition coefficient (Wildman–Crippen LogP) is 3.27. The molecule has 2 aliphatic heterocycles. The summed E-state index contributed by atoms with van der Waals surface area (Å²) in [5.41, 5.74) is 8.37. The van der Waals surface area contributed by atoms with Crippen molar-refractivity contribution in [3.63, 3.8) is 0 Å². The molecule has 0 bridgehead atoms. The minimum Gasteiger partial charge on any atom is -0.330 e. The molecule has 1 aromatic rings. The Hall–Kier alpha value is -1.74. The van der Waals surface area contributed by atoms with Crippen LogP contribution >= 0.6 is 0 Å². The lowest BCUT2D eigenvalue weighted by molar-refractivity contribution is -0.178. The van der Waals surface area contributed by atoms with Crippen LogP contribution in [-0.2, 0) is 4.79 Å². The summed E-state index contributed by atoms with van der Waals surface area (Å²) in [5.74, 6) is -0.266. The van der Waals surface area contributed by atoms with E-state index in [1.165, 1.54) is 19.3 Å². The van der Waals surface area contributed by atoms with Gasteiger partial charge in [-0.2, -0.15) is 13.2 Å². The molecule has 1 aromatic heterocycles. The van der Waals surface area contributed by atoms with Gasteiger partial charge >= 0.3 is 6.18 Å². The highest BCUT2D eigenvalue weighted by atomic mass is 19.4. The number of hydrogen-bond acceptors (Lipinski definition) is 5. The number of piperidine rings is 1. The Morgan fingerprint density at radius 2 is 1.90 bits per heavy atom. The largest absolute Gasteiger partial charge is 0.406 e. The molecule has 0 aromatic carbocycles. The Morgan fingerprint density at radius 1 is 1.10 bits per heavy atom. The fraction of sp³-hybridized carbons (Fsp3) is 0.773. The van der Waals surface area contributed by atoms with Gasteiger partial charge in [-0.15, -0.1) is 0 Å². The van der Waals surface area contributed by atoms with Crippen LogP contribution in [0.3, 0.4) is 0 Å². The van der Waals surface area contributed by atoms with Crippen molar-refractivity contribution in [2.24, 2.45) is 11.8 Å². The number of carbonyl (C=O) groups excluding carboxylic acids is 1. The number of carbonyl (C=O) groups is 1. The highest BCUT2D eigenvalue weighted by molar-refractivity contribution is 5.82. The van der Waals surface area contributed by atoms with E-state index in [0.717, 1.165) is 41.8 Å². The third-order valence-corrected chi connectivity index (χ3v) is 7.91. The Bertz CT molecular complexity index is 813. The molecule has 4 aliphatic rings. The van der Waals surface area contributed by atoms with Crippen LogP contribution in [0.15, 0.2) is 12.5 Å². The quantitative estimate of drug-likeness (QED) is 0.760. The second-order valence-corrected chi connectivity index (χ2v) is 9.68. The molecular weight excluding hydrogens is 407 g/mol. The number of hydrogen-bond donors (Lipinski definition) is 2. The molecule has 2 saturated carbocycles. The van der Waals surface area contributed by atoms with Crippen molar-refractivity contribution in [1.82, 2.24) is 25.7 Å². The zero-order chi connectivity index (χ0) is 21.6. The average molecular weight is 438 g/mol. The van der Waals surface area contributed by atoms with E-state index in [1.54, 1.807) is 6.33 Å². The number of nitrogens with one attached hydrogen (secondary N) is 2. The van der Waals surface area contributed by atoms with Crippen LogP contribution in [0.25, 0.3) is 0 Å². The van der Waals surface area contributed by atoms with Gasteiger partial charge in [0.15, 0.2) is 0 Å². The molecule has 4 fully saturated rings. The highest BCUT2D eigenvalue weighted by Gasteiger charge is 2.54. The lowest BCUT2D eigenvalue weighted by atomic mass is 9.67. The van der Waals surface area contributed by atoms with E-state index in [1.807, 2.05) is 6.20 Å². The number of hydrazine groups is 1. The third kappa shape index (κ3) is 4.06. The van der Waals surface area contributed by atoms with Gasteiger partial charge in [0.25, 0.3) is 0 Å². The van der Waals surface area contributed by atoms with Gasteiger partial charge in [0.2, 0.25) is 5.91 Å². The first kappa shape index (κ1) is 21.1. The van der Waals surface area contributed by atoms with Crippen molar-refractivity contribution in [2.45, 2.75) is 81.5 Å². The van der Waals surface area contributed by atoms with Gasteiger partial charge in [-0.3, -0.25) is 15.6 Å². The molecule has 6 nitrogen and oxygen atoms in total. The minimum absolute atomic E-state index is 0.0269. The molecule has 5 unspecified atom stereocenters. The van der Waals surface area contributed by atoms with Crippen LogP contribution < -0.4 is 10.9 Å². The number of likely N-dealkylation sites (tertiary alicyclic amines) is 1. The number of fused-ring (bicyclic) bond motifs is 3. The van der Waals surface area contributed by atoms with E-state index >= 15 is 0 Å². The number of aromatic nitrogens is 2. The molecule has 0 spiro atoms. The van der Waals surface area contributed by atoms with Gasteiger partial charge in [-0.1, -0.05) is 19.3 Å². The molecule has 3 heterocycles. The van der Waals surface area contributed by atoms with Gasteiger partial charge in [-0.05, 0) is 49.5 Å². The number of nitrogens with zero attached hydrogens (tertiary/aromatic N) is 3. The summed E-state index contributed by atoms with van der Waals surface area (Å²) >= 11 is 0. The zero-order valence-corrected chi connectivity index (χ0v) is 17.6. The Labute approximate surface area is 180 Å². The Morgan fingerprint density at radius 3 is 2.68 bits per heavy atom. The van der Waals surface area contributed by atoms with Crippen LogP contribution in [0.2, 0.25) is 0 Å². The average Bonchev–Trinajstić information content (AvgIpc) is 3.26. The van der Waals surface area contributed by atoms with Crippen LogP contribution in [0, 0.1) is 11.8 Å². The van der Waals surface area contributed by atoms with E-state index < -0.39 is 24.7 Å². The molecule has 5 rings (SSSR count). The molecule has 2 N–H and O–H groups in total. The number of amides is 1. The SMILES string of the molecule is O=C1C2CNNC2C2CCC(c3cncnc3C3CCCCC3)CC2N1CC(F)(F)F. The maximum absolute atomic E-state index is 13.4. The van der Waals surface area contributed by atoms with E-state index in [4.69, 9.17) is 0 Å².